The van der Waals surface area contributed by atoms with Crippen LogP contribution in [0.3, 0.4) is 0 Å². The van der Waals surface area contributed by atoms with Gasteiger partial charge >= 0.3 is 5.97 Å². The number of aromatic carboxylic acids is 1. The van der Waals surface area contributed by atoms with Gasteiger partial charge in [-0.2, -0.15) is 0 Å². The Hall–Kier alpha value is -2.07. The smallest absolute Gasteiger partial charge is 0.339 e. The largest absolute Gasteiger partial charge is 0.478 e. The van der Waals surface area contributed by atoms with Crippen molar-refractivity contribution in [1.82, 2.24) is 4.98 Å². The number of anilines is 1. The molecule has 104 valence electrons. The molecular formula is C15H15ClN2O2. The Morgan fingerprint density at radius 1 is 1.25 bits per heavy atom. The molecule has 0 bridgehead atoms. The van der Waals surface area contributed by atoms with E-state index in [0.29, 0.717) is 12.4 Å². The molecule has 0 unspecified atom stereocenters. The highest BCUT2D eigenvalue weighted by molar-refractivity contribution is 6.29. The minimum Gasteiger partial charge on any atom is -0.478 e. The lowest BCUT2D eigenvalue weighted by Gasteiger charge is -2.20. The Kier molecular flexibility index (Phi) is 4.25. The minimum atomic E-state index is -1.01. The van der Waals surface area contributed by atoms with Crippen LogP contribution in [0.1, 0.15) is 21.5 Å². The monoisotopic (exact) mass is 290 g/mol. The van der Waals surface area contributed by atoms with E-state index in [9.17, 15) is 9.90 Å². The first-order chi connectivity index (χ1) is 9.47. The third-order valence-corrected chi connectivity index (χ3v) is 3.18. The zero-order chi connectivity index (χ0) is 14.7. The number of halogens is 1. The molecule has 0 aliphatic rings. The number of nitrogens with zero attached hydrogens (tertiary/aromatic N) is 2. The van der Waals surface area contributed by atoms with Gasteiger partial charge in [0, 0.05) is 13.6 Å². The molecule has 0 aliphatic heterocycles. The standard InChI is InChI=1S/C15H15ClN2O2/c1-10-3-5-11(6-4-10)9-18(2)14-12(15(19)20)7-8-13(16)17-14/h3-8H,9H2,1-2H3,(H,19,20). The zero-order valence-electron chi connectivity index (χ0n) is 11.3. The fraction of sp³-hybridized carbons (Fsp3) is 0.200. The summed E-state index contributed by atoms with van der Waals surface area (Å²) in [6.07, 6.45) is 0. The van der Waals surface area contributed by atoms with Crippen molar-refractivity contribution in [2.24, 2.45) is 0 Å². The number of hydrogen-bond donors (Lipinski definition) is 1. The van der Waals surface area contributed by atoms with Gasteiger partial charge in [0.05, 0.1) is 0 Å². The highest BCUT2D eigenvalue weighted by Gasteiger charge is 2.16. The van der Waals surface area contributed by atoms with Gasteiger partial charge in [-0.15, -0.1) is 0 Å². The zero-order valence-corrected chi connectivity index (χ0v) is 12.1. The number of carboxylic acid groups (broad SMARTS) is 1. The van der Waals surface area contributed by atoms with Gasteiger partial charge in [0.15, 0.2) is 0 Å². The van der Waals surface area contributed by atoms with Crippen molar-refractivity contribution in [3.8, 4) is 0 Å². The van der Waals surface area contributed by atoms with Gasteiger partial charge < -0.3 is 10.0 Å². The molecule has 0 radical (unpaired) electrons. The Labute approximate surface area is 122 Å². The predicted molar refractivity (Wildman–Crippen MR) is 79.5 cm³/mol. The molecule has 20 heavy (non-hydrogen) atoms. The van der Waals surface area contributed by atoms with Crippen LogP contribution in [-0.2, 0) is 6.54 Å². The van der Waals surface area contributed by atoms with Gasteiger partial charge in [-0.3, -0.25) is 0 Å². The van der Waals surface area contributed by atoms with Crippen molar-refractivity contribution in [2.45, 2.75) is 13.5 Å². The number of aryl methyl sites for hydroxylation is 1. The topological polar surface area (TPSA) is 53.4 Å². The normalized spacial score (nSPS) is 10.3. The quantitative estimate of drug-likeness (QED) is 0.877. The van der Waals surface area contributed by atoms with Crippen LogP contribution in [0.15, 0.2) is 36.4 Å². The molecule has 0 saturated carbocycles. The average molecular weight is 291 g/mol. The van der Waals surface area contributed by atoms with E-state index < -0.39 is 5.97 Å². The maximum absolute atomic E-state index is 11.2. The summed E-state index contributed by atoms with van der Waals surface area (Å²) in [4.78, 5) is 17.1. The summed E-state index contributed by atoms with van der Waals surface area (Å²) in [6, 6.07) is 11.0. The third-order valence-electron chi connectivity index (χ3n) is 2.97. The summed E-state index contributed by atoms with van der Waals surface area (Å²) in [5.41, 5.74) is 2.41. The van der Waals surface area contributed by atoms with E-state index >= 15 is 0 Å². The van der Waals surface area contributed by atoms with Gasteiger partial charge in [-0.05, 0) is 24.6 Å². The fourth-order valence-corrected chi connectivity index (χ4v) is 2.07. The summed E-state index contributed by atoms with van der Waals surface area (Å²) >= 11 is 5.86. The van der Waals surface area contributed by atoms with Crippen LogP contribution in [0.25, 0.3) is 0 Å². The van der Waals surface area contributed by atoms with Crippen LogP contribution >= 0.6 is 11.6 Å². The summed E-state index contributed by atoms with van der Waals surface area (Å²) in [5, 5.41) is 9.48. The van der Waals surface area contributed by atoms with Crippen molar-refractivity contribution in [1.29, 1.82) is 0 Å². The molecule has 2 aromatic rings. The molecule has 1 aromatic heterocycles. The SMILES string of the molecule is Cc1ccc(CN(C)c2nc(Cl)ccc2C(=O)O)cc1. The highest BCUT2D eigenvalue weighted by Crippen LogP contribution is 2.21. The average Bonchev–Trinajstić information content (AvgIpc) is 2.41. The lowest BCUT2D eigenvalue weighted by Crippen LogP contribution is -2.21. The van der Waals surface area contributed by atoms with Gasteiger partial charge in [0.2, 0.25) is 0 Å². The number of carbonyl (C=O) groups is 1. The summed E-state index contributed by atoms with van der Waals surface area (Å²) in [5.74, 6) is -0.648. The molecule has 0 amide bonds. The summed E-state index contributed by atoms with van der Waals surface area (Å²) in [7, 11) is 1.80. The number of pyridine rings is 1. The third kappa shape index (κ3) is 3.27. The Balaban J connectivity index is 2.28. The van der Waals surface area contributed by atoms with Gasteiger partial charge in [-0.25, -0.2) is 9.78 Å². The number of hydrogen-bond acceptors (Lipinski definition) is 3. The second kappa shape index (κ2) is 5.92. The first kappa shape index (κ1) is 14.3. The van der Waals surface area contributed by atoms with Gasteiger partial charge in [0.1, 0.15) is 16.5 Å². The molecule has 0 spiro atoms. The fourth-order valence-electron chi connectivity index (χ4n) is 1.93. The summed E-state index contributed by atoms with van der Waals surface area (Å²) < 4.78 is 0. The van der Waals surface area contributed by atoms with E-state index in [1.165, 1.54) is 17.7 Å². The second-order valence-corrected chi connectivity index (χ2v) is 5.04. The van der Waals surface area contributed by atoms with Crippen molar-refractivity contribution in [2.75, 3.05) is 11.9 Å². The first-order valence-corrected chi connectivity index (χ1v) is 6.51. The Morgan fingerprint density at radius 2 is 1.90 bits per heavy atom. The van der Waals surface area contributed by atoms with E-state index in [4.69, 9.17) is 11.6 Å². The van der Waals surface area contributed by atoms with Crippen LogP contribution in [-0.4, -0.2) is 23.1 Å². The van der Waals surface area contributed by atoms with Gasteiger partial charge in [-0.1, -0.05) is 41.4 Å². The molecule has 0 aliphatic carbocycles. The molecule has 1 heterocycles. The first-order valence-electron chi connectivity index (χ1n) is 6.14. The van der Waals surface area contributed by atoms with Crippen LogP contribution in [0, 0.1) is 6.92 Å². The van der Waals surface area contributed by atoms with Crippen molar-refractivity contribution in [3.05, 3.63) is 58.2 Å². The summed E-state index contributed by atoms with van der Waals surface area (Å²) in [6.45, 7) is 2.59. The number of aromatic nitrogens is 1. The van der Waals surface area contributed by atoms with Crippen molar-refractivity contribution >= 4 is 23.4 Å². The number of rotatable bonds is 4. The van der Waals surface area contributed by atoms with Gasteiger partial charge in [0.25, 0.3) is 0 Å². The molecular weight excluding hydrogens is 276 g/mol. The number of carboxylic acids is 1. The van der Waals surface area contributed by atoms with Crippen molar-refractivity contribution < 1.29 is 9.90 Å². The molecule has 2 rings (SSSR count). The van der Waals surface area contributed by atoms with E-state index in [1.54, 1.807) is 11.9 Å². The second-order valence-electron chi connectivity index (χ2n) is 4.65. The van der Waals surface area contributed by atoms with Crippen LogP contribution in [0.5, 0.6) is 0 Å². The maximum atomic E-state index is 11.2. The van der Waals surface area contributed by atoms with E-state index in [2.05, 4.69) is 4.98 Å². The van der Waals surface area contributed by atoms with E-state index in [-0.39, 0.29) is 10.7 Å². The predicted octanol–water partition coefficient (Wildman–Crippen LogP) is 3.38. The molecule has 0 saturated heterocycles. The van der Waals surface area contributed by atoms with Crippen molar-refractivity contribution in [3.63, 3.8) is 0 Å². The van der Waals surface area contributed by atoms with Crippen LogP contribution in [0.4, 0.5) is 5.82 Å². The van der Waals surface area contributed by atoms with E-state index in [0.717, 1.165) is 5.56 Å². The highest BCUT2D eigenvalue weighted by atomic mass is 35.5. The Bertz CT molecular complexity index is 626. The lowest BCUT2D eigenvalue weighted by atomic mass is 10.1. The minimum absolute atomic E-state index is 0.143. The molecule has 0 atom stereocenters. The molecule has 1 N–H and O–H groups in total. The molecule has 0 fully saturated rings. The molecule has 1 aromatic carbocycles. The number of benzene rings is 1. The van der Waals surface area contributed by atoms with E-state index in [1.807, 2.05) is 31.2 Å². The maximum Gasteiger partial charge on any atom is 0.339 e. The Morgan fingerprint density at radius 3 is 2.50 bits per heavy atom. The van der Waals surface area contributed by atoms with Crippen LogP contribution in [0.2, 0.25) is 5.15 Å². The van der Waals surface area contributed by atoms with Crippen LogP contribution < -0.4 is 4.90 Å². The lowest BCUT2D eigenvalue weighted by molar-refractivity contribution is 0.0697. The molecule has 5 heteroatoms. The molecule has 4 nitrogen and oxygen atoms in total.